The minimum atomic E-state index is 0.0555. The Hall–Kier alpha value is -1.37. The number of nitrogens with one attached hydrogen (secondary N) is 1. The monoisotopic (exact) mass is 352 g/mol. The predicted octanol–water partition coefficient (Wildman–Crippen LogP) is 3.21. The number of carbonyl (C=O) groups is 1. The quantitative estimate of drug-likeness (QED) is 0.899. The average Bonchev–Trinajstić information content (AvgIpc) is 3.25. The van der Waals surface area contributed by atoms with Crippen LogP contribution in [-0.4, -0.2) is 59.1 Å². The lowest BCUT2D eigenvalue weighted by atomic mass is 10.1. The Morgan fingerprint density at radius 1 is 1.57 bits per heavy atom. The van der Waals surface area contributed by atoms with Crippen molar-refractivity contribution in [1.29, 1.82) is 0 Å². The molecule has 0 aromatic carbocycles. The molecule has 1 atom stereocenters. The van der Waals surface area contributed by atoms with E-state index in [1.54, 1.807) is 6.20 Å². The molecule has 1 aliphatic heterocycles. The fourth-order valence-corrected chi connectivity index (χ4v) is 4.04. The Bertz CT molecular complexity index is 683. The van der Waals surface area contributed by atoms with E-state index in [0.29, 0.717) is 15.8 Å². The van der Waals surface area contributed by atoms with E-state index in [2.05, 4.69) is 29.1 Å². The summed E-state index contributed by atoms with van der Waals surface area (Å²) in [6, 6.07) is 3.75. The smallest absolute Gasteiger partial charge is 0.257 e. The number of likely N-dealkylation sites (tertiary alicyclic amines) is 1. The summed E-state index contributed by atoms with van der Waals surface area (Å²) < 4.78 is 0.705. The summed E-state index contributed by atoms with van der Waals surface area (Å²) in [5, 5.41) is 7.00. The van der Waals surface area contributed by atoms with Gasteiger partial charge < -0.3 is 9.80 Å². The van der Waals surface area contributed by atoms with Crippen LogP contribution in [0, 0.1) is 5.92 Å². The second-order valence-electron chi connectivity index (χ2n) is 6.02. The van der Waals surface area contributed by atoms with Crippen LogP contribution in [0.15, 0.2) is 18.3 Å². The molecule has 0 saturated carbocycles. The van der Waals surface area contributed by atoms with Gasteiger partial charge in [0.25, 0.3) is 5.91 Å². The third-order valence-electron chi connectivity index (χ3n) is 4.37. The second kappa shape index (κ2) is 7.03. The molecule has 3 heterocycles. The molecule has 1 unspecified atom stereocenters. The van der Waals surface area contributed by atoms with Crippen LogP contribution in [0.5, 0.6) is 0 Å². The van der Waals surface area contributed by atoms with Crippen LogP contribution in [0.4, 0.5) is 0 Å². The highest BCUT2D eigenvalue weighted by molar-refractivity contribution is 7.19. The minimum Gasteiger partial charge on any atom is -0.338 e. The van der Waals surface area contributed by atoms with E-state index in [1.807, 2.05) is 17.0 Å². The molecule has 2 aromatic heterocycles. The molecule has 0 bridgehead atoms. The maximum absolute atomic E-state index is 12.8. The van der Waals surface area contributed by atoms with Crippen molar-refractivity contribution >= 4 is 28.8 Å². The van der Waals surface area contributed by atoms with Gasteiger partial charge in [-0.3, -0.25) is 9.89 Å². The molecular weight excluding hydrogens is 332 g/mol. The molecule has 7 heteroatoms. The Labute approximate surface area is 145 Å². The fraction of sp³-hybridized carbons (Fsp3) is 0.500. The first kappa shape index (κ1) is 16.5. The van der Waals surface area contributed by atoms with Crippen molar-refractivity contribution in [3.05, 3.63) is 28.2 Å². The first-order valence-corrected chi connectivity index (χ1v) is 9.04. The van der Waals surface area contributed by atoms with Crippen molar-refractivity contribution < 1.29 is 4.79 Å². The summed E-state index contributed by atoms with van der Waals surface area (Å²) in [6.07, 6.45) is 2.69. The molecular formula is C16H21ClN4OS. The summed E-state index contributed by atoms with van der Waals surface area (Å²) in [7, 11) is 2.12. The number of aromatic nitrogens is 2. The highest BCUT2D eigenvalue weighted by Gasteiger charge is 2.29. The van der Waals surface area contributed by atoms with Crippen LogP contribution in [0.3, 0.4) is 0 Å². The molecule has 5 nitrogen and oxygen atoms in total. The zero-order valence-corrected chi connectivity index (χ0v) is 15.0. The lowest BCUT2D eigenvalue weighted by molar-refractivity contribution is 0.0785. The van der Waals surface area contributed by atoms with Gasteiger partial charge in [-0.05, 0) is 38.1 Å². The largest absolute Gasteiger partial charge is 0.338 e. The second-order valence-corrected chi connectivity index (χ2v) is 7.74. The highest BCUT2D eigenvalue weighted by Crippen LogP contribution is 2.32. The molecule has 23 heavy (non-hydrogen) atoms. The summed E-state index contributed by atoms with van der Waals surface area (Å²) in [5.41, 5.74) is 1.40. The number of rotatable bonds is 5. The van der Waals surface area contributed by atoms with E-state index in [-0.39, 0.29) is 5.91 Å². The lowest BCUT2D eigenvalue weighted by Gasteiger charge is -2.20. The van der Waals surface area contributed by atoms with Crippen LogP contribution >= 0.6 is 22.9 Å². The SMILES string of the molecule is CCN(C)CC1CCN(C(=O)c2cn[nH]c2-c2ccc(Cl)s2)C1. The molecule has 0 radical (unpaired) electrons. The van der Waals surface area contributed by atoms with Crippen molar-refractivity contribution in [2.45, 2.75) is 13.3 Å². The Morgan fingerprint density at radius 3 is 3.09 bits per heavy atom. The molecule has 1 fully saturated rings. The van der Waals surface area contributed by atoms with Gasteiger partial charge in [0, 0.05) is 19.6 Å². The Kier molecular flexibility index (Phi) is 5.04. The standard InChI is InChI=1S/C16H21ClN4OS/c1-3-20(2)9-11-6-7-21(10-11)16(22)12-8-18-19-15(12)13-4-5-14(17)23-13/h4-5,8,11H,3,6-7,9-10H2,1-2H3,(H,18,19). The molecule has 2 aromatic rings. The van der Waals surface area contributed by atoms with Crippen molar-refractivity contribution in [2.75, 3.05) is 33.2 Å². The van der Waals surface area contributed by atoms with Crippen molar-refractivity contribution in [2.24, 2.45) is 5.92 Å². The van der Waals surface area contributed by atoms with E-state index in [0.717, 1.165) is 43.2 Å². The van der Waals surface area contributed by atoms with Gasteiger partial charge in [-0.2, -0.15) is 5.10 Å². The number of hydrogen-bond acceptors (Lipinski definition) is 4. The first-order valence-electron chi connectivity index (χ1n) is 7.85. The molecule has 0 spiro atoms. The van der Waals surface area contributed by atoms with Gasteiger partial charge >= 0.3 is 0 Å². The third-order valence-corrected chi connectivity index (χ3v) is 5.62. The zero-order valence-electron chi connectivity index (χ0n) is 13.4. The van der Waals surface area contributed by atoms with Gasteiger partial charge in [0.05, 0.1) is 26.7 Å². The molecule has 1 N–H and O–H groups in total. The molecule has 0 aliphatic carbocycles. The number of hydrogen-bond donors (Lipinski definition) is 1. The Balaban J connectivity index is 1.71. The van der Waals surface area contributed by atoms with Gasteiger partial charge in [-0.25, -0.2) is 0 Å². The number of halogens is 1. The average molecular weight is 353 g/mol. The van der Waals surface area contributed by atoms with Gasteiger partial charge in [0.2, 0.25) is 0 Å². The van der Waals surface area contributed by atoms with Gasteiger partial charge in [-0.1, -0.05) is 18.5 Å². The summed E-state index contributed by atoms with van der Waals surface area (Å²) in [6.45, 7) is 5.87. The van der Waals surface area contributed by atoms with Crippen molar-refractivity contribution in [3.63, 3.8) is 0 Å². The van der Waals surface area contributed by atoms with E-state index >= 15 is 0 Å². The minimum absolute atomic E-state index is 0.0555. The number of H-pyrrole nitrogens is 1. The summed E-state index contributed by atoms with van der Waals surface area (Å²) in [5.74, 6) is 0.607. The van der Waals surface area contributed by atoms with E-state index in [9.17, 15) is 4.79 Å². The van der Waals surface area contributed by atoms with Crippen LogP contribution in [0.2, 0.25) is 4.34 Å². The molecule has 1 saturated heterocycles. The number of carbonyl (C=O) groups excluding carboxylic acids is 1. The van der Waals surface area contributed by atoms with Crippen molar-refractivity contribution in [3.8, 4) is 10.6 Å². The third kappa shape index (κ3) is 3.59. The van der Waals surface area contributed by atoms with Crippen LogP contribution in [0.25, 0.3) is 10.6 Å². The van der Waals surface area contributed by atoms with Gasteiger partial charge in [-0.15, -0.1) is 11.3 Å². The number of nitrogens with zero attached hydrogens (tertiary/aromatic N) is 3. The lowest BCUT2D eigenvalue weighted by Crippen LogP contribution is -2.31. The van der Waals surface area contributed by atoms with E-state index in [1.165, 1.54) is 11.3 Å². The first-order chi connectivity index (χ1) is 11.1. The van der Waals surface area contributed by atoms with Crippen LogP contribution in [0.1, 0.15) is 23.7 Å². The molecule has 124 valence electrons. The van der Waals surface area contributed by atoms with E-state index in [4.69, 9.17) is 11.6 Å². The topological polar surface area (TPSA) is 52.2 Å². The van der Waals surface area contributed by atoms with E-state index < -0.39 is 0 Å². The van der Waals surface area contributed by atoms with Gasteiger partial charge in [0.15, 0.2) is 0 Å². The molecule has 1 aliphatic rings. The van der Waals surface area contributed by atoms with Crippen LogP contribution < -0.4 is 0 Å². The maximum Gasteiger partial charge on any atom is 0.257 e. The molecule has 1 amide bonds. The zero-order chi connectivity index (χ0) is 16.4. The van der Waals surface area contributed by atoms with Crippen molar-refractivity contribution in [1.82, 2.24) is 20.0 Å². The van der Waals surface area contributed by atoms with Gasteiger partial charge in [0.1, 0.15) is 0 Å². The number of amides is 1. The van der Waals surface area contributed by atoms with Crippen LogP contribution in [-0.2, 0) is 0 Å². The summed E-state index contributed by atoms with van der Waals surface area (Å²) >= 11 is 7.45. The highest BCUT2D eigenvalue weighted by atomic mass is 35.5. The predicted molar refractivity (Wildman–Crippen MR) is 94.1 cm³/mol. The number of aromatic amines is 1. The molecule has 3 rings (SSSR count). The number of thiophene rings is 1. The Morgan fingerprint density at radius 2 is 2.39 bits per heavy atom. The fourth-order valence-electron chi connectivity index (χ4n) is 2.99. The maximum atomic E-state index is 12.8. The normalized spacial score (nSPS) is 18.1. The summed E-state index contributed by atoms with van der Waals surface area (Å²) in [4.78, 5) is 18.0.